The maximum absolute atomic E-state index is 12.8. The molecule has 0 saturated heterocycles. The first kappa shape index (κ1) is 14.0. The molecule has 0 amide bonds. The van der Waals surface area contributed by atoms with Crippen molar-refractivity contribution in [1.82, 2.24) is 24.1 Å². The van der Waals surface area contributed by atoms with Crippen LogP contribution in [0.15, 0.2) is 29.6 Å². The molecule has 0 radical (unpaired) electrons. The Morgan fingerprint density at radius 3 is 2.95 bits per heavy atom. The molecule has 0 spiro atoms. The van der Waals surface area contributed by atoms with Crippen LogP contribution in [-0.4, -0.2) is 44.0 Å². The zero-order chi connectivity index (χ0) is 15.0. The highest BCUT2D eigenvalue weighted by molar-refractivity contribution is 7.89. The highest BCUT2D eigenvalue weighted by Crippen LogP contribution is 2.22. The van der Waals surface area contributed by atoms with E-state index in [1.54, 1.807) is 12.4 Å². The number of thiocarbonyl (C=S) groups is 1. The number of pyridine rings is 1. The van der Waals surface area contributed by atoms with E-state index in [-0.39, 0.29) is 22.1 Å². The largest absolute Gasteiger partial charge is 0.388 e. The average molecular weight is 324 g/mol. The molecule has 0 aliphatic carbocycles. The summed E-state index contributed by atoms with van der Waals surface area (Å²) in [6.45, 7) is 0.997. The van der Waals surface area contributed by atoms with Crippen molar-refractivity contribution in [2.45, 2.75) is 18.0 Å². The van der Waals surface area contributed by atoms with Gasteiger partial charge in [-0.2, -0.15) is 4.31 Å². The van der Waals surface area contributed by atoms with Crippen LogP contribution in [0.4, 0.5) is 0 Å². The Hall–Kier alpha value is -1.91. The quantitative estimate of drug-likeness (QED) is 0.759. The highest BCUT2D eigenvalue weighted by atomic mass is 32.2. The normalized spacial score (nSPS) is 15.6. The van der Waals surface area contributed by atoms with Crippen LogP contribution in [0.25, 0.3) is 0 Å². The molecule has 1 aliphatic rings. The second-order valence-corrected chi connectivity index (χ2v) is 6.84. The molecule has 110 valence electrons. The number of nitrogens with zero attached hydrogens (tertiary/aromatic N) is 5. The van der Waals surface area contributed by atoms with E-state index >= 15 is 0 Å². The fourth-order valence-electron chi connectivity index (χ4n) is 2.17. The lowest BCUT2D eigenvalue weighted by molar-refractivity contribution is 0.335. The van der Waals surface area contributed by atoms with Gasteiger partial charge < -0.3 is 10.3 Å². The lowest BCUT2D eigenvalue weighted by Crippen LogP contribution is -2.39. The third kappa shape index (κ3) is 2.41. The Kier molecular flexibility index (Phi) is 3.43. The molecule has 2 aromatic heterocycles. The monoisotopic (exact) mass is 324 g/mol. The van der Waals surface area contributed by atoms with Crippen molar-refractivity contribution < 1.29 is 8.42 Å². The molecule has 0 fully saturated rings. The fourth-order valence-corrected chi connectivity index (χ4v) is 3.94. The van der Waals surface area contributed by atoms with Crippen LogP contribution in [0, 0.1) is 0 Å². The molecule has 0 atom stereocenters. The Labute approximate surface area is 126 Å². The minimum atomic E-state index is -3.74. The van der Waals surface area contributed by atoms with Crippen molar-refractivity contribution in [2.75, 3.05) is 6.54 Å². The molecular formula is C11H12N6O2S2. The maximum Gasteiger partial charge on any atom is 0.245 e. The number of nitrogens with two attached hydrogens (primary N) is 1. The minimum Gasteiger partial charge on any atom is -0.388 e. The predicted octanol–water partition coefficient (Wildman–Crippen LogP) is -0.488. The van der Waals surface area contributed by atoms with Gasteiger partial charge in [-0.1, -0.05) is 12.2 Å². The number of fused-ring (bicyclic) bond motifs is 1. The van der Waals surface area contributed by atoms with Gasteiger partial charge in [-0.15, -0.1) is 10.2 Å². The van der Waals surface area contributed by atoms with Crippen LogP contribution >= 0.6 is 12.2 Å². The Bertz CT molecular complexity index is 801. The standard InChI is InChI=1S/C11H12N6O2S2/c12-11(20)10-8(2-1-3-13-10)21(18,19)17-5-4-16-7-14-15-9(16)6-17/h1-3,7H,4-6H2,(H2,12,20). The van der Waals surface area contributed by atoms with E-state index in [1.165, 1.54) is 16.6 Å². The molecular weight excluding hydrogens is 312 g/mol. The van der Waals surface area contributed by atoms with Gasteiger partial charge >= 0.3 is 0 Å². The van der Waals surface area contributed by atoms with Crippen molar-refractivity contribution in [3.63, 3.8) is 0 Å². The van der Waals surface area contributed by atoms with E-state index in [2.05, 4.69) is 15.2 Å². The number of hydrogen-bond acceptors (Lipinski definition) is 6. The summed E-state index contributed by atoms with van der Waals surface area (Å²) in [5, 5.41) is 7.69. The van der Waals surface area contributed by atoms with Crippen molar-refractivity contribution >= 4 is 27.2 Å². The number of hydrogen-bond donors (Lipinski definition) is 1. The van der Waals surface area contributed by atoms with Crippen LogP contribution in [-0.2, 0) is 23.1 Å². The first-order valence-electron chi connectivity index (χ1n) is 6.12. The van der Waals surface area contributed by atoms with Crippen molar-refractivity contribution in [3.05, 3.63) is 36.2 Å². The molecule has 10 heteroatoms. The van der Waals surface area contributed by atoms with Crippen LogP contribution in [0.1, 0.15) is 11.5 Å². The maximum atomic E-state index is 12.8. The van der Waals surface area contributed by atoms with Crippen LogP contribution in [0.3, 0.4) is 0 Å². The third-order valence-electron chi connectivity index (χ3n) is 3.23. The van der Waals surface area contributed by atoms with Gasteiger partial charge in [0.15, 0.2) is 0 Å². The van der Waals surface area contributed by atoms with Gasteiger partial charge in [0.25, 0.3) is 0 Å². The topological polar surface area (TPSA) is 107 Å². The minimum absolute atomic E-state index is 0.0189. The molecule has 3 heterocycles. The van der Waals surface area contributed by atoms with E-state index in [1.807, 2.05) is 4.57 Å². The third-order valence-corrected chi connectivity index (χ3v) is 5.30. The molecule has 0 saturated carbocycles. The summed E-state index contributed by atoms with van der Waals surface area (Å²) in [7, 11) is -3.74. The van der Waals surface area contributed by atoms with E-state index < -0.39 is 10.0 Å². The van der Waals surface area contributed by atoms with Gasteiger partial charge in [0.1, 0.15) is 27.7 Å². The van der Waals surface area contributed by atoms with Crippen molar-refractivity contribution in [3.8, 4) is 0 Å². The number of aromatic nitrogens is 4. The van der Waals surface area contributed by atoms with Crippen LogP contribution < -0.4 is 5.73 Å². The molecule has 0 aromatic carbocycles. The highest BCUT2D eigenvalue weighted by Gasteiger charge is 2.31. The van der Waals surface area contributed by atoms with Gasteiger partial charge in [-0.3, -0.25) is 4.98 Å². The van der Waals surface area contributed by atoms with Gasteiger partial charge in [0, 0.05) is 19.3 Å². The van der Waals surface area contributed by atoms with E-state index in [4.69, 9.17) is 18.0 Å². The first-order valence-corrected chi connectivity index (χ1v) is 7.96. The molecule has 3 rings (SSSR count). The summed E-state index contributed by atoms with van der Waals surface area (Å²) < 4.78 is 28.7. The van der Waals surface area contributed by atoms with Crippen LogP contribution in [0.5, 0.6) is 0 Å². The number of rotatable bonds is 3. The second kappa shape index (κ2) is 5.13. The lowest BCUT2D eigenvalue weighted by Gasteiger charge is -2.26. The first-order chi connectivity index (χ1) is 10.00. The zero-order valence-electron chi connectivity index (χ0n) is 10.9. The Morgan fingerprint density at radius 1 is 1.38 bits per heavy atom. The molecule has 8 nitrogen and oxygen atoms in total. The number of sulfonamides is 1. The smallest absolute Gasteiger partial charge is 0.245 e. The molecule has 0 unspecified atom stereocenters. The van der Waals surface area contributed by atoms with Gasteiger partial charge in [-0.25, -0.2) is 8.42 Å². The molecule has 2 N–H and O–H groups in total. The summed E-state index contributed by atoms with van der Waals surface area (Å²) in [5.74, 6) is 0.602. The molecule has 21 heavy (non-hydrogen) atoms. The van der Waals surface area contributed by atoms with Gasteiger partial charge in [-0.05, 0) is 12.1 Å². The van der Waals surface area contributed by atoms with E-state index in [0.29, 0.717) is 18.9 Å². The summed E-state index contributed by atoms with van der Waals surface area (Å²) >= 11 is 4.87. The fraction of sp³-hybridized carbons (Fsp3) is 0.273. The zero-order valence-corrected chi connectivity index (χ0v) is 12.5. The molecule has 0 bridgehead atoms. The summed E-state index contributed by atoms with van der Waals surface area (Å²) in [6.07, 6.45) is 3.05. The molecule has 2 aromatic rings. The average Bonchev–Trinajstić information content (AvgIpc) is 2.94. The lowest BCUT2D eigenvalue weighted by atomic mass is 10.3. The van der Waals surface area contributed by atoms with Crippen LogP contribution in [0.2, 0.25) is 0 Å². The summed E-state index contributed by atoms with van der Waals surface area (Å²) in [5.41, 5.74) is 5.67. The van der Waals surface area contributed by atoms with Gasteiger partial charge in [0.05, 0.1) is 6.54 Å². The van der Waals surface area contributed by atoms with Gasteiger partial charge in [0.2, 0.25) is 10.0 Å². The summed E-state index contributed by atoms with van der Waals surface area (Å²) in [6, 6.07) is 3.00. The second-order valence-electron chi connectivity index (χ2n) is 4.49. The SMILES string of the molecule is NC(=S)c1ncccc1S(=O)(=O)N1CCn2cnnc2C1. The molecule has 1 aliphatic heterocycles. The van der Waals surface area contributed by atoms with Crippen molar-refractivity contribution in [2.24, 2.45) is 5.73 Å². The predicted molar refractivity (Wildman–Crippen MR) is 77.7 cm³/mol. The van der Waals surface area contributed by atoms with E-state index in [9.17, 15) is 8.42 Å². The Morgan fingerprint density at radius 2 is 2.19 bits per heavy atom. The Balaban J connectivity index is 2.01. The summed E-state index contributed by atoms with van der Waals surface area (Å²) in [4.78, 5) is 3.94. The van der Waals surface area contributed by atoms with E-state index in [0.717, 1.165) is 0 Å². The van der Waals surface area contributed by atoms with Crippen molar-refractivity contribution in [1.29, 1.82) is 0 Å².